The Morgan fingerprint density at radius 1 is 0.846 bits per heavy atom. The zero-order valence-corrected chi connectivity index (χ0v) is 8.03. The Kier molecular flexibility index (Phi) is 3.83. The van der Waals surface area contributed by atoms with Crippen molar-refractivity contribution in [3.8, 4) is 11.3 Å². The van der Waals surface area contributed by atoms with Crippen molar-refractivity contribution in [3.05, 3.63) is 48.7 Å². The van der Waals surface area contributed by atoms with Gasteiger partial charge in [-0.25, -0.2) is 0 Å². The van der Waals surface area contributed by atoms with E-state index in [9.17, 15) is 0 Å². The lowest BCUT2D eigenvalue weighted by Gasteiger charge is -1.92. The number of furan rings is 1. The van der Waals surface area contributed by atoms with Crippen LogP contribution < -0.4 is 0 Å². The van der Waals surface area contributed by atoms with E-state index in [1.54, 1.807) is 6.26 Å². The van der Waals surface area contributed by atoms with Gasteiger partial charge in [0, 0.05) is 5.56 Å². The van der Waals surface area contributed by atoms with Gasteiger partial charge in [0.25, 0.3) is 0 Å². The van der Waals surface area contributed by atoms with Crippen molar-refractivity contribution in [1.29, 1.82) is 0 Å². The molecule has 1 aromatic heterocycles. The molecule has 0 unspecified atom stereocenters. The van der Waals surface area contributed by atoms with Gasteiger partial charge >= 0.3 is 0 Å². The van der Waals surface area contributed by atoms with Gasteiger partial charge in [-0.1, -0.05) is 44.2 Å². The molecule has 0 aliphatic rings. The van der Waals surface area contributed by atoms with Crippen molar-refractivity contribution in [3.63, 3.8) is 0 Å². The van der Waals surface area contributed by atoms with Crippen LogP contribution in [0.4, 0.5) is 0 Å². The molecule has 0 saturated heterocycles. The molecule has 68 valence electrons. The van der Waals surface area contributed by atoms with E-state index >= 15 is 0 Å². The Morgan fingerprint density at radius 3 is 2.08 bits per heavy atom. The van der Waals surface area contributed by atoms with Gasteiger partial charge in [-0.2, -0.15) is 0 Å². The summed E-state index contributed by atoms with van der Waals surface area (Å²) in [5.41, 5.74) is 1.12. The first kappa shape index (κ1) is 9.59. The van der Waals surface area contributed by atoms with E-state index in [2.05, 4.69) is 0 Å². The molecule has 2 aromatic rings. The monoisotopic (exact) mass is 174 g/mol. The van der Waals surface area contributed by atoms with Crippen LogP contribution in [0, 0.1) is 0 Å². The summed E-state index contributed by atoms with van der Waals surface area (Å²) in [6, 6.07) is 13.9. The van der Waals surface area contributed by atoms with Crippen molar-refractivity contribution >= 4 is 0 Å². The quantitative estimate of drug-likeness (QED) is 0.637. The topological polar surface area (TPSA) is 13.1 Å². The van der Waals surface area contributed by atoms with E-state index in [0.717, 1.165) is 11.3 Å². The molecule has 0 bridgehead atoms. The second-order valence-corrected chi connectivity index (χ2v) is 2.34. The summed E-state index contributed by atoms with van der Waals surface area (Å²) in [6.07, 6.45) is 1.68. The lowest BCUT2D eigenvalue weighted by atomic mass is 10.2. The lowest BCUT2D eigenvalue weighted by molar-refractivity contribution is 0.582. The van der Waals surface area contributed by atoms with Crippen molar-refractivity contribution in [1.82, 2.24) is 0 Å². The number of hydrogen-bond acceptors (Lipinski definition) is 1. The van der Waals surface area contributed by atoms with Crippen LogP contribution in [0.3, 0.4) is 0 Å². The van der Waals surface area contributed by atoms with Crippen LogP contribution in [0.25, 0.3) is 11.3 Å². The summed E-state index contributed by atoms with van der Waals surface area (Å²) in [5, 5.41) is 0. The minimum absolute atomic E-state index is 0.922. The lowest BCUT2D eigenvalue weighted by Crippen LogP contribution is -1.69. The first-order valence-electron chi connectivity index (χ1n) is 4.56. The molecule has 0 N–H and O–H groups in total. The second-order valence-electron chi connectivity index (χ2n) is 2.34. The Balaban J connectivity index is 0.000000396. The predicted molar refractivity (Wildman–Crippen MR) is 55.5 cm³/mol. The van der Waals surface area contributed by atoms with Gasteiger partial charge in [-0.15, -0.1) is 0 Å². The third-order valence-electron chi connectivity index (χ3n) is 1.58. The first-order chi connectivity index (χ1) is 6.47. The summed E-state index contributed by atoms with van der Waals surface area (Å²) in [7, 11) is 0. The zero-order chi connectivity index (χ0) is 9.52. The normalized spacial score (nSPS) is 8.77. The number of rotatable bonds is 1. The van der Waals surface area contributed by atoms with Gasteiger partial charge in [0.2, 0.25) is 0 Å². The fourth-order valence-electron chi connectivity index (χ4n) is 1.05. The Morgan fingerprint density at radius 2 is 1.54 bits per heavy atom. The summed E-state index contributed by atoms with van der Waals surface area (Å²) < 4.78 is 5.22. The maximum absolute atomic E-state index is 5.22. The maximum atomic E-state index is 5.22. The third-order valence-corrected chi connectivity index (χ3v) is 1.58. The Labute approximate surface area is 79.0 Å². The molecule has 2 rings (SSSR count). The molecule has 0 aliphatic heterocycles. The van der Waals surface area contributed by atoms with Gasteiger partial charge in [0.15, 0.2) is 0 Å². The second kappa shape index (κ2) is 5.20. The Hall–Kier alpha value is -1.50. The van der Waals surface area contributed by atoms with E-state index in [-0.39, 0.29) is 0 Å². The summed E-state index contributed by atoms with van der Waals surface area (Å²) >= 11 is 0. The van der Waals surface area contributed by atoms with Crippen LogP contribution in [0.2, 0.25) is 0 Å². The smallest absolute Gasteiger partial charge is 0.133 e. The molecule has 1 heterocycles. The molecule has 13 heavy (non-hydrogen) atoms. The van der Waals surface area contributed by atoms with Crippen molar-refractivity contribution in [2.75, 3.05) is 0 Å². The molecule has 0 spiro atoms. The van der Waals surface area contributed by atoms with E-state index < -0.39 is 0 Å². The largest absolute Gasteiger partial charge is 0.464 e. The van der Waals surface area contributed by atoms with Gasteiger partial charge < -0.3 is 4.42 Å². The van der Waals surface area contributed by atoms with Gasteiger partial charge in [-0.05, 0) is 12.1 Å². The van der Waals surface area contributed by atoms with Crippen molar-refractivity contribution in [2.24, 2.45) is 0 Å². The fraction of sp³-hybridized carbons (Fsp3) is 0.167. The molecular weight excluding hydrogens is 160 g/mol. The van der Waals surface area contributed by atoms with E-state index in [1.165, 1.54) is 0 Å². The van der Waals surface area contributed by atoms with Crippen LogP contribution in [0.15, 0.2) is 53.1 Å². The van der Waals surface area contributed by atoms with Crippen molar-refractivity contribution in [2.45, 2.75) is 13.8 Å². The molecule has 1 nitrogen and oxygen atoms in total. The van der Waals surface area contributed by atoms with E-state index in [4.69, 9.17) is 4.42 Å². The minimum Gasteiger partial charge on any atom is -0.464 e. The van der Waals surface area contributed by atoms with E-state index in [0.29, 0.717) is 0 Å². The van der Waals surface area contributed by atoms with Crippen LogP contribution in [-0.4, -0.2) is 0 Å². The minimum atomic E-state index is 0.922. The highest BCUT2D eigenvalue weighted by Crippen LogP contribution is 2.18. The van der Waals surface area contributed by atoms with Gasteiger partial charge in [0.1, 0.15) is 5.76 Å². The third kappa shape index (κ3) is 2.48. The van der Waals surface area contributed by atoms with Crippen LogP contribution in [0.5, 0.6) is 0 Å². The highest BCUT2D eigenvalue weighted by molar-refractivity contribution is 5.56. The summed E-state index contributed by atoms with van der Waals surface area (Å²) in [4.78, 5) is 0. The van der Waals surface area contributed by atoms with Crippen molar-refractivity contribution < 1.29 is 4.42 Å². The van der Waals surface area contributed by atoms with Gasteiger partial charge in [-0.3, -0.25) is 0 Å². The molecular formula is C12H14O. The fourth-order valence-corrected chi connectivity index (χ4v) is 1.05. The molecule has 0 radical (unpaired) electrons. The molecule has 0 saturated carbocycles. The number of hydrogen-bond donors (Lipinski definition) is 0. The van der Waals surface area contributed by atoms with Crippen LogP contribution >= 0.6 is 0 Å². The summed E-state index contributed by atoms with van der Waals surface area (Å²) in [5.74, 6) is 0.922. The molecule has 1 aromatic carbocycles. The molecule has 0 fully saturated rings. The molecule has 0 amide bonds. The number of benzene rings is 1. The summed E-state index contributed by atoms with van der Waals surface area (Å²) in [6.45, 7) is 4.00. The maximum Gasteiger partial charge on any atom is 0.133 e. The molecule has 0 atom stereocenters. The standard InChI is InChI=1S/C10H8O.C2H6/c1-2-5-9(6-3-1)10-7-4-8-11-10;1-2/h1-8H;1-2H3. The first-order valence-corrected chi connectivity index (χ1v) is 4.56. The average Bonchev–Trinajstić information content (AvgIpc) is 2.75. The van der Waals surface area contributed by atoms with Gasteiger partial charge in [0.05, 0.1) is 6.26 Å². The van der Waals surface area contributed by atoms with Crippen LogP contribution in [-0.2, 0) is 0 Å². The Bertz CT molecular complexity index is 308. The highest BCUT2D eigenvalue weighted by atomic mass is 16.3. The predicted octanol–water partition coefficient (Wildman–Crippen LogP) is 3.97. The SMILES string of the molecule is CC.c1ccc(-c2ccco2)cc1. The van der Waals surface area contributed by atoms with Crippen LogP contribution in [0.1, 0.15) is 13.8 Å². The molecule has 1 heteroatoms. The molecule has 0 aliphatic carbocycles. The zero-order valence-electron chi connectivity index (χ0n) is 8.03. The van der Waals surface area contributed by atoms with E-state index in [1.807, 2.05) is 56.3 Å². The average molecular weight is 174 g/mol. The highest BCUT2D eigenvalue weighted by Gasteiger charge is 1.95.